The molecule has 2 aliphatic carbocycles. The van der Waals surface area contributed by atoms with E-state index in [-0.39, 0.29) is 24.6 Å². The van der Waals surface area contributed by atoms with E-state index in [0.717, 1.165) is 32.2 Å². The molecule has 1 amide bonds. The lowest BCUT2D eigenvalue weighted by Gasteiger charge is -2.45. The van der Waals surface area contributed by atoms with Gasteiger partial charge in [0, 0.05) is 31.1 Å². The van der Waals surface area contributed by atoms with Gasteiger partial charge in [0.05, 0.1) is 18.7 Å². The van der Waals surface area contributed by atoms with Crippen LogP contribution < -0.4 is 4.90 Å². The number of hydrogen-bond acceptors (Lipinski definition) is 3. The Balaban J connectivity index is 1.56. The minimum atomic E-state index is 0.0939. The molecule has 4 aliphatic rings. The number of carbonyl (C=O) groups is 1. The number of nitrogens with zero attached hydrogens (tertiary/aromatic N) is 2. The van der Waals surface area contributed by atoms with Crippen LogP contribution in [0.4, 0.5) is 5.69 Å². The van der Waals surface area contributed by atoms with Crippen molar-refractivity contribution in [3.8, 4) is 0 Å². The van der Waals surface area contributed by atoms with Crippen LogP contribution in [0.1, 0.15) is 68.5 Å². The Labute approximate surface area is 168 Å². The molecule has 5 rings (SSSR count). The molecule has 0 unspecified atom stereocenters. The first kappa shape index (κ1) is 18.2. The predicted octanol–water partition coefficient (Wildman–Crippen LogP) is 4.14. The number of carbonyl (C=O) groups excluding carboxylic acids is 1. The molecule has 0 aromatic heterocycles. The van der Waals surface area contributed by atoms with Crippen molar-refractivity contribution in [1.29, 1.82) is 0 Å². The van der Waals surface area contributed by atoms with Gasteiger partial charge in [-0.2, -0.15) is 0 Å². The molecule has 150 valence electrons. The fourth-order valence-corrected chi connectivity index (χ4v) is 5.89. The SMILES string of the molecule is CN1c2ccc(C3=CCCCC3)cc2[C@@H]2[C@@H](CCN2C(=O)C2CCC2)[C@H]1CO. The molecule has 1 aromatic carbocycles. The molecule has 2 heterocycles. The van der Waals surface area contributed by atoms with Gasteiger partial charge >= 0.3 is 0 Å². The van der Waals surface area contributed by atoms with E-state index in [1.54, 1.807) is 0 Å². The van der Waals surface area contributed by atoms with Crippen molar-refractivity contribution in [1.82, 2.24) is 4.90 Å². The van der Waals surface area contributed by atoms with Crippen LogP contribution in [0.3, 0.4) is 0 Å². The van der Waals surface area contributed by atoms with Crippen LogP contribution in [-0.2, 0) is 4.79 Å². The number of benzene rings is 1. The van der Waals surface area contributed by atoms with Gasteiger partial charge in [0.1, 0.15) is 0 Å². The topological polar surface area (TPSA) is 43.8 Å². The highest BCUT2D eigenvalue weighted by Crippen LogP contribution is 2.50. The summed E-state index contributed by atoms with van der Waals surface area (Å²) in [5, 5.41) is 10.1. The van der Waals surface area contributed by atoms with Gasteiger partial charge in [0.2, 0.25) is 5.91 Å². The fourth-order valence-electron chi connectivity index (χ4n) is 5.89. The summed E-state index contributed by atoms with van der Waals surface area (Å²) in [6, 6.07) is 7.05. The first-order chi connectivity index (χ1) is 13.7. The normalized spacial score (nSPS) is 29.8. The second-order valence-corrected chi connectivity index (χ2v) is 9.17. The van der Waals surface area contributed by atoms with Crippen LogP contribution in [0.5, 0.6) is 0 Å². The molecule has 0 radical (unpaired) electrons. The summed E-state index contributed by atoms with van der Waals surface area (Å²) in [7, 11) is 2.10. The molecule has 4 nitrogen and oxygen atoms in total. The Bertz CT molecular complexity index is 798. The Morgan fingerprint density at radius 3 is 2.71 bits per heavy atom. The average Bonchev–Trinajstić information content (AvgIpc) is 3.12. The highest BCUT2D eigenvalue weighted by Gasteiger charge is 2.49. The molecule has 1 saturated heterocycles. The summed E-state index contributed by atoms with van der Waals surface area (Å²) in [5.41, 5.74) is 5.28. The van der Waals surface area contributed by atoms with E-state index in [2.05, 4.69) is 41.1 Å². The van der Waals surface area contributed by atoms with Crippen molar-refractivity contribution in [2.75, 3.05) is 25.1 Å². The number of fused-ring (bicyclic) bond motifs is 3. The third-order valence-corrected chi connectivity index (χ3v) is 7.75. The number of likely N-dealkylation sites (N-methyl/N-ethyl adjacent to an activating group) is 1. The predicted molar refractivity (Wildman–Crippen MR) is 112 cm³/mol. The Kier molecular flexibility index (Phi) is 4.70. The Morgan fingerprint density at radius 1 is 1.18 bits per heavy atom. The van der Waals surface area contributed by atoms with Crippen molar-refractivity contribution < 1.29 is 9.90 Å². The molecule has 1 saturated carbocycles. The maximum absolute atomic E-state index is 13.2. The van der Waals surface area contributed by atoms with E-state index in [0.29, 0.717) is 11.8 Å². The Morgan fingerprint density at radius 2 is 2.04 bits per heavy atom. The van der Waals surface area contributed by atoms with Crippen molar-refractivity contribution in [2.24, 2.45) is 11.8 Å². The summed E-state index contributed by atoms with van der Waals surface area (Å²) in [4.78, 5) is 17.6. The van der Waals surface area contributed by atoms with Crippen molar-refractivity contribution in [3.05, 3.63) is 35.4 Å². The van der Waals surface area contributed by atoms with E-state index in [1.165, 1.54) is 48.1 Å². The third-order valence-electron chi connectivity index (χ3n) is 7.75. The third kappa shape index (κ3) is 2.80. The van der Waals surface area contributed by atoms with Crippen LogP contribution in [0.2, 0.25) is 0 Å². The second-order valence-electron chi connectivity index (χ2n) is 9.17. The molecule has 3 atom stereocenters. The summed E-state index contributed by atoms with van der Waals surface area (Å²) >= 11 is 0. The van der Waals surface area contributed by atoms with Crippen LogP contribution in [0.25, 0.3) is 5.57 Å². The minimum absolute atomic E-state index is 0.0939. The molecule has 0 spiro atoms. The lowest BCUT2D eigenvalue weighted by molar-refractivity contribution is -0.139. The standard InChI is InChI=1S/C24H32N2O2/c1-25-21-11-10-18(16-6-3-2-4-7-16)14-20(21)23-19(22(25)15-27)12-13-26(23)24(28)17-8-5-9-17/h6,10-11,14,17,19,22-23,27H,2-5,7-9,12-13,15H2,1H3/t19-,22+,23-/m0/s1. The maximum Gasteiger partial charge on any atom is 0.226 e. The summed E-state index contributed by atoms with van der Waals surface area (Å²) in [6.07, 6.45) is 11.6. The molecule has 4 heteroatoms. The minimum Gasteiger partial charge on any atom is -0.394 e. The maximum atomic E-state index is 13.2. The monoisotopic (exact) mass is 380 g/mol. The van der Waals surface area contributed by atoms with Crippen LogP contribution >= 0.6 is 0 Å². The molecule has 2 aliphatic heterocycles. The molecular weight excluding hydrogens is 348 g/mol. The van der Waals surface area contributed by atoms with Crippen molar-refractivity contribution in [2.45, 2.75) is 63.5 Å². The molecule has 1 N–H and O–H groups in total. The zero-order valence-electron chi connectivity index (χ0n) is 16.9. The highest BCUT2D eigenvalue weighted by atomic mass is 16.3. The van der Waals surface area contributed by atoms with Crippen LogP contribution in [0.15, 0.2) is 24.3 Å². The largest absolute Gasteiger partial charge is 0.394 e. The number of amides is 1. The van der Waals surface area contributed by atoms with Gasteiger partial charge in [-0.1, -0.05) is 18.6 Å². The number of allylic oxidation sites excluding steroid dienone is 2. The lowest BCUT2D eigenvalue weighted by Crippen LogP contribution is -2.49. The van der Waals surface area contributed by atoms with Gasteiger partial charge in [0.25, 0.3) is 0 Å². The number of rotatable bonds is 3. The molecule has 0 bridgehead atoms. The summed E-state index contributed by atoms with van der Waals surface area (Å²) in [6.45, 7) is 0.983. The Hall–Kier alpha value is -1.81. The molecule has 28 heavy (non-hydrogen) atoms. The van der Waals surface area contributed by atoms with E-state index in [9.17, 15) is 9.90 Å². The van der Waals surface area contributed by atoms with Gasteiger partial charge in [0.15, 0.2) is 0 Å². The van der Waals surface area contributed by atoms with Crippen molar-refractivity contribution >= 4 is 17.2 Å². The van der Waals surface area contributed by atoms with Gasteiger partial charge < -0.3 is 14.9 Å². The van der Waals surface area contributed by atoms with E-state index >= 15 is 0 Å². The molecule has 1 aromatic rings. The van der Waals surface area contributed by atoms with Crippen molar-refractivity contribution in [3.63, 3.8) is 0 Å². The quantitative estimate of drug-likeness (QED) is 0.857. The number of likely N-dealkylation sites (tertiary alicyclic amines) is 1. The zero-order valence-corrected chi connectivity index (χ0v) is 16.9. The van der Waals surface area contributed by atoms with Gasteiger partial charge in [-0.25, -0.2) is 0 Å². The van der Waals surface area contributed by atoms with E-state index < -0.39 is 0 Å². The average molecular weight is 381 g/mol. The number of hydrogen-bond donors (Lipinski definition) is 1. The fraction of sp³-hybridized carbons (Fsp3) is 0.625. The van der Waals surface area contributed by atoms with Crippen LogP contribution in [0, 0.1) is 11.8 Å². The smallest absolute Gasteiger partial charge is 0.226 e. The summed E-state index contributed by atoms with van der Waals surface area (Å²) in [5.74, 6) is 0.911. The zero-order chi connectivity index (χ0) is 19.3. The number of anilines is 1. The lowest BCUT2D eigenvalue weighted by atomic mass is 9.79. The first-order valence-electron chi connectivity index (χ1n) is 11.2. The first-order valence-corrected chi connectivity index (χ1v) is 11.2. The van der Waals surface area contributed by atoms with Gasteiger partial charge in [-0.15, -0.1) is 0 Å². The van der Waals surface area contributed by atoms with E-state index in [1.807, 2.05) is 0 Å². The van der Waals surface area contributed by atoms with Gasteiger partial charge in [-0.05, 0) is 73.8 Å². The summed E-state index contributed by atoms with van der Waals surface area (Å²) < 4.78 is 0. The molecule has 2 fully saturated rings. The van der Waals surface area contributed by atoms with E-state index in [4.69, 9.17) is 0 Å². The second kappa shape index (κ2) is 7.22. The van der Waals surface area contributed by atoms with Crippen LogP contribution in [-0.4, -0.2) is 42.2 Å². The number of aliphatic hydroxyl groups is 1. The number of aliphatic hydroxyl groups excluding tert-OH is 1. The van der Waals surface area contributed by atoms with Gasteiger partial charge in [-0.3, -0.25) is 4.79 Å². The molecular formula is C24H32N2O2. The highest BCUT2D eigenvalue weighted by molar-refractivity contribution is 5.81.